The highest BCUT2D eigenvalue weighted by Crippen LogP contribution is 2.36. The topological polar surface area (TPSA) is 41.1 Å². The molecule has 4 heteroatoms. The zero-order chi connectivity index (χ0) is 15.1. The Bertz CT molecular complexity index is 576. The maximum Gasteiger partial charge on any atom is 0.220 e. The summed E-state index contributed by atoms with van der Waals surface area (Å²) >= 11 is 3.62. The number of amides is 1. The third kappa shape index (κ3) is 2.83. The molecule has 1 amide bonds. The number of hydrogen-bond acceptors (Lipinski definition) is 2. The molecule has 1 aromatic carbocycles. The van der Waals surface area contributed by atoms with Crippen LogP contribution in [0.5, 0.6) is 0 Å². The van der Waals surface area contributed by atoms with Gasteiger partial charge in [0.05, 0.1) is 6.04 Å². The van der Waals surface area contributed by atoms with E-state index in [0.29, 0.717) is 24.4 Å². The molecule has 22 heavy (non-hydrogen) atoms. The van der Waals surface area contributed by atoms with Gasteiger partial charge in [-0.15, -0.1) is 0 Å². The van der Waals surface area contributed by atoms with Crippen molar-refractivity contribution in [3.8, 4) is 0 Å². The van der Waals surface area contributed by atoms with Gasteiger partial charge >= 0.3 is 0 Å². The SMILES string of the molecule is O=C(CC1CC2CCC(C1)N2)NC1CCc2c(Br)cccc21. The molecule has 0 aromatic heterocycles. The van der Waals surface area contributed by atoms with E-state index in [4.69, 9.17) is 0 Å². The van der Waals surface area contributed by atoms with Crippen LogP contribution < -0.4 is 10.6 Å². The van der Waals surface area contributed by atoms with Crippen LogP contribution in [0.2, 0.25) is 0 Å². The second kappa shape index (κ2) is 5.97. The maximum atomic E-state index is 12.5. The molecule has 1 aliphatic carbocycles. The average Bonchev–Trinajstić information content (AvgIpc) is 3.04. The van der Waals surface area contributed by atoms with Crippen molar-refractivity contribution in [1.29, 1.82) is 0 Å². The molecular formula is C18H23BrN2O. The van der Waals surface area contributed by atoms with Crippen LogP contribution >= 0.6 is 15.9 Å². The third-order valence-electron chi connectivity index (χ3n) is 5.59. The van der Waals surface area contributed by atoms with Crippen molar-refractivity contribution in [3.63, 3.8) is 0 Å². The summed E-state index contributed by atoms with van der Waals surface area (Å²) in [5, 5.41) is 6.93. The Morgan fingerprint density at radius 2 is 2.00 bits per heavy atom. The lowest BCUT2D eigenvalue weighted by atomic mass is 9.89. The molecule has 0 radical (unpaired) electrons. The molecule has 2 fully saturated rings. The fourth-order valence-corrected chi connectivity index (χ4v) is 5.20. The van der Waals surface area contributed by atoms with Gasteiger partial charge in [0, 0.05) is 23.0 Å². The molecule has 2 saturated heterocycles. The molecule has 0 saturated carbocycles. The fraction of sp³-hybridized carbons (Fsp3) is 0.611. The van der Waals surface area contributed by atoms with E-state index in [1.807, 2.05) is 0 Å². The Morgan fingerprint density at radius 3 is 2.77 bits per heavy atom. The standard InChI is InChI=1S/C18H23BrN2O/c19-16-3-1-2-15-14(16)6-7-17(15)21-18(22)10-11-8-12-4-5-13(9-11)20-12/h1-3,11-13,17,20H,4-10H2,(H,21,22). The number of carbonyl (C=O) groups excluding carboxylic acids is 1. The van der Waals surface area contributed by atoms with Crippen molar-refractivity contribution in [2.45, 2.75) is 63.1 Å². The van der Waals surface area contributed by atoms with Crippen LogP contribution in [-0.2, 0) is 11.2 Å². The van der Waals surface area contributed by atoms with Crippen molar-refractivity contribution >= 4 is 21.8 Å². The quantitative estimate of drug-likeness (QED) is 0.864. The summed E-state index contributed by atoms with van der Waals surface area (Å²) in [5.41, 5.74) is 2.67. The van der Waals surface area contributed by atoms with Gasteiger partial charge in [0.2, 0.25) is 5.91 Å². The number of carbonyl (C=O) groups is 1. The molecule has 2 N–H and O–H groups in total. The second-order valence-corrected chi connectivity index (χ2v) is 8.00. The van der Waals surface area contributed by atoms with Crippen LogP contribution in [0.1, 0.15) is 55.7 Å². The zero-order valence-electron chi connectivity index (χ0n) is 12.8. The Labute approximate surface area is 140 Å². The van der Waals surface area contributed by atoms with E-state index in [1.54, 1.807) is 0 Å². The van der Waals surface area contributed by atoms with Gasteiger partial charge in [-0.05, 0) is 61.6 Å². The van der Waals surface area contributed by atoms with Crippen molar-refractivity contribution in [1.82, 2.24) is 10.6 Å². The van der Waals surface area contributed by atoms with E-state index in [1.165, 1.54) is 41.3 Å². The van der Waals surface area contributed by atoms with Crippen LogP contribution in [0.25, 0.3) is 0 Å². The molecule has 3 nitrogen and oxygen atoms in total. The van der Waals surface area contributed by atoms with Crippen LogP contribution in [0.3, 0.4) is 0 Å². The normalized spacial score (nSPS) is 32.8. The minimum atomic E-state index is 0.207. The van der Waals surface area contributed by atoms with Gasteiger partial charge in [0.15, 0.2) is 0 Å². The van der Waals surface area contributed by atoms with Gasteiger partial charge in [0.1, 0.15) is 0 Å². The minimum absolute atomic E-state index is 0.207. The Balaban J connectivity index is 1.37. The van der Waals surface area contributed by atoms with E-state index in [-0.39, 0.29) is 11.9 Å². The Hall–Kier alpha value is -0.870. The summed E-state index contributed by atoms with van der Waals surface area (Å²) in [6, 6.07) is 7.85. The van der Waals surface area contributed by atoms with E-state index >= 15 is 0 Å². The summed E-state index contributed by atoms with van der Waals surface area (Å²) in [5.74, 6) is 0.811. The molecule has 3 unspecified atom stereocenters. The molecule has 3 atom stereocenters. The minimum Gasteiger partial charge on any atom is -0.349 e. The third-order valence-corrected chi connectivity index (χ3v) is 6.34. The first-order chi connectivity index (χ1) is 10.7. The van der Waals surface area contributed by atoms with E-state index < -0.39 is 0 Å². The molecule has 2 bridgehead atoms. The summed E-state index contributed by atoms with van der Waals surface area (Å²) in [7, 11) is 0. The van der Waals surface area contributed by atoms with Gasteiger partial charge in [-0.2, -0.15) is 0 Å². The van der Waals surface area contributed by atoms with Gasteiger partial charge in [-0.3, -0.25) is 4.79 Å². The molecule has 2 heterocycles. The molecule has 2 aliphatic heterocycles. The van der Waals surface area contributed by atoms with Crippen LogP contribution in [-0.4, -0.2) is 18.0 Å². The van der Waals surface area contributed by atoms with Gasteiger partial charge in [0.25, 0.3) is 0 Å². The lowest BCUT2D eigenvalue weighted by Gasteiger charge is -2.29. The second-order valence-electron chi connectivity index (χ2n) is 7.15. The summed E-state index contributed by atoms with van der Waals surface area (Å²) in [4.78, 5) is 12.5. The van der Waals surface area contributed by atoms with Crippen LogP contribution in [0, 0.1) is 5.92 Å². The molecule has 3 aliphatic rings. The molecule has 0 spiro atoms. The van der Waals surface area contributed by atoms with Crippen molar-refractivity contribution in [2.75, 3.05) is 0 Å². The first-order valence-corrected chi connectivity index (χ1v) is 9.31. The van der Waals surface area contributed by atoms with E-state index in [0.717, 1.165) is 12.8 Å². The predicted octanol–water partition coefficient (Wildman–Crippen LogP) is 3.47. The number of piperidine rings is 1. The first kappa shape index (κ1) is 14.7. The molecule has 4 rings (SSSR count). The predicted molar refractivity (Wildman–Crippen MR) is 90.6 cm³/mol. The van der Waals surface area contributed by atoms with E-state index in [9.17, 15) is 4.79 Å². The van der Waals surface area contributed by atoms with Gasteiger partial charge < -0.3 is 10.6 Å². The number of fused-ring (bicyclic) bond motifs is 3. The first-order valence-electron chi connectivity index (χ1n) is 8.51. The maximum absolute atomic E-state index is 12.5. The lowest BCUT2D eigenvalue weighted by Crippen LogP contribution is -2.40. The average molecular weight is 363 g/mol. The largest absolute Gasteiger partial charge is 0.349 e. The Kier molecular flexibility index (Phi) is 3.99. The summed E-state index contributed by atoms with van der Waals surface area (Å²) < 4.78 is 1.18. The molecular weight excluding hydrogens is 340 g/mol. The smallest absolute Gasteiger partial charge is 0.220 e. The monoisotopic (exact) mass is 362 g/mol. The summed E-state index contributed by atoms with van der Waals surface area (Å²) in [6.45, 7) is 0. The van der Waals surface area contributed by atoms with Gasteiger partial charge in [-0.25, -0.2) is 0 Å². The summed E-state index contributed by atoms with van der Waals surface area (Å²) in [6.07, 6.45) is 7.74. The molecule has 118 valence electrons. The highest BCUT2D eigenvalue weighted by molar-refractivity contribution is 9.10. The van der Waals surface area contributed by atoms with Crippen molar-refractivity contribution in [2.24, 2.45) is 5.92 Å². The number of hydrogen-bond donors (Lipinski definition) is 2. The van der Waals surface area contributed by atoms with Crippen molar-refractivity contribution in [3.05, 3.63) is 33.8 Å². The number of halogens is 1. The molecule has 1 aromatic rings. The Morgan fingerprint density at radius 1 is 1.23 bits per heavy atom. The van der Waals surface area contributed by atoms with Crippen LogP contribution in [0.4, 0.5) is 0 Å². The van der Waals surface area contributed by atoms with Gasteiger partial charge in [-0.1, -0.05) is 28.1 Å². The highest BCUT2D eigenvalue weighted by Gasteiger charge is 2.34. The van der Waals surface area contributed by atoms with E-state index in [2.05, 4.69) is 44.8 Å². The fourth-order valence-electron chi connectivity index (χ4n) is 4.62. The number of nitrogens with one attached hydrogen (secondary N) is 2. The number of rotatable bonds is 3. The van der Waals surface area contributed by atoms with Crippen LogP contribution in [0.15, 0.2) is 22.7 Å². The van der Waals surface area contributed by atoms with Crippen molar-refractivity contribution < 1.29 is 4.79 Å². The number of benzene rings is 1. The zero-order valence-corrected chi connectivity index (χ0v) is 14.4. The lowest BCUT2D eigenvalue weighted by molar-refractivity contribution is -0.123. The highest BCUT2D eigenvalue weighted by atomic mass is 79.9.